The molecule has 4 aromatic rings. The third-order valence-electron chi connectivity index (χ3n) is 4.85. The lowest BCUT2D eigenvalue weighted by molar-refractivity contribution is 0.0496. The lowest BCUT2D eigenvalue weighted by atomic mass is 10.1. The van der Waals surface area contributed by atoms with E-state index in [1.807, 2.05) is 26.8 Å². The van der Waals surface area contributed by atoms with E-state index in [0.717, 1.165) is 10.3 Å². The molecule has 5 heterocycles. The molecule has 0 bridgehead atoms. The molecule has 1 saturated heterocycles. The topological polar surface area (TPSA) is 122 Å². The Kier molecular flexibility index (Phi) is 5.45. The monoisotopic (exact) mass is 484 g/mol. The molecule has 0 atom stereocenters. The van der Waals surface area contributed by atoms with Gasteiger partial charge in [-0.1, -0.05) is 11.6 Å². The predicted molar refractivity (Wildman–Crippen MR) is 126 cm³/mol. The molecule has 0 spiro atoms. The maximum Gasteiger partial charge on any atom is 0.407 e. The Morgan fingerprint density at radius 2 is 2.03 bits per heavy atom. The number of aromatic nitrogens is 6. The number of H-pyrrole nitrogens is 1. The van der Waals surface area contributed by atoms with Crippen LogP contribution in [0, 0.1) is 0 Å². The summed E-state index contributed by atoms with van der Waals surface area (Å²) in [5.74, 6) is 0.713. The zero-order chi connectivity index (χ0) is 23.2. The maximum atomic E-state index is 12.1. The minimum absolute atomic E-state index is 0.0399. The highest BCUT2D eigenvalue weighted by Gasteiger charge is 2.33. The van der Waals surface area contributed by atoms with Crippen LogP contribution in [0.25, 0.3) is 22.2 Å². The van der Waals surface area contributed by atoms with Gasteiger partial charge in [-0.15, -0.1) is 0 Å². The number of halogens is 1. The van der Waals surface area contributed by atoms with E-state index < -0.39 is 11.7 Å². The largest absolute Gasteiger partial charge is 0.444 e. The van der Waals surface area contributed by atoms with E-state index in [2.05, 4.69) is 35.1 Å². The second-order valence-corrected chi connectivity index (χ2v) is 10.1. The number of pyridine rings is 1. The van der Waals surface area contributed by atoms with Gasteiger partial charge in [-0.3, -0.25) is 4.98 Å². The molecule has 4 aromatic heterocycles. The zero-order valence-corrected chi connectivity index (χ0v) is 19.7. The first-order valence-electron chi connectivity index (χ1n) is 10.3. The van der Waals surface area contributed by atoms with E-state index in [9.17, 15) is 4.79 Å². The van der Waals surface area contributed by atoms with Gasteiger partial charge in [-0.25, -0.2) is 24.7 Å². The van der Waals surface area contributed by atoms with Crippen LogP contribution < -0.4 is 10.2 Å². The molecule has 0 radical (unpaired) electrons. The third kappa shape index (κ3) is 4.64. The van der Waals surface area contributed by atoms with E-state index in [1.165, 1.54) is 11.8 Å². The van der Waals surface area contributed by atoms with Crippen molar-refractivity contribution in [2.45, 2.75) is 42.5 Å². The molecule has 1 amide bonds. The fourth-order valence-corrected chi connectivity index (χ4v) is 4.43. The molecule has 0 unspecified atom stereocenters. The summed E-state index contributed by atoms with van der Waals surface area (Å²) in [5, 5.41) is 4.73. The first-order valence-corrected chi connectivity index (χ1v) is 11.5. The lowest BCUT2D eigenvalue weighted by Gasteiger charge is -2.40. The van der Waals surface area contributed by atoms with Gasteiger partial charge >= 0.3 is 6.09 Å². The number of aromatic amines is 1. The summed E-state index contributed by atoms with van der Waals surface area (Å²) in [6, 6.07) is 1.86. The van der Waals surface area contributed by atoms with E-state index >= 15 is 0 Å². The van der Waals surface area contributed by atoms with Crippen molar-refractivity contribution in [3.05, 3.63) is 35.9 Å². The number of amides is 1. The average molecular weight is 485 g/mol. The van der Waals surface area contributed by atoms with Crippen molar-refractivity contribution in [2.24, 2.45) is 0 Å². The molecule has 0 aromatic carbocycles. The molecule has 0 aliphatic carbocycles. The highest BCUT2D eigenvalue weighted by atomic mass is 35.5. The van der Waals surface area contributed by atoms with Crippen LogP contribution in [0.5, 0.6) is 0 Å². The number of rotatable bonds is 4. The van der Waals surface area contributed by atoms with Gasteiger partial charge in [0.25, 0.3) is 0 Å². The molecule has 1 aliphatic heterocycles. The number of anilines is 1. The van der Waals surface area contributed by atoms with Gasteiger partial charge in [0.15, 0.2) is 10.8 Å². The smallest absolute Gasteiger partial charge is 0.407 e. The zero-order valence-electron chi connectivity index (χ0n) is 18.2. The standard InChI is InChI=1S/C21H21ClN8O2S/c1-21(2,3)32-20(31)27-11-9-30(10-11)18-15-13(22)8-26-17(15)28-19(29-18)33-12-6-14-16(25-7-12)24-5-4-23-14/h4-8,11H,9-10H2,1-3H3,(H,27,31)(H,26,28,29). The molecule has 12 heteroatoms. The summed E-state index contributed by atoms with van der Waals surface area (Å²) in [6.07, 6.45) is 6.23. The number of nitrogens with one attached hydrogen (secondary N) is 2. The van der Waals surface area contributed by atoms with Crippen molar-refractivity contribution >= 4 is 57.5 Å². The Labute approximate surface area is 198 Å². The van der Waals surface area contributed by atoms with E-state index in [-0.39, 0.29) is 6.04 Å². The Bertz CT molecular complexity index is 1350. The molecule has 1 aliphatic rings. The van der Waals surface area contributed by atoms with Crippen LogP contribution in [0.4, 0.5) is 10.6 Å². The van der Waals surface area contributed by atoms with Gasteiger partial charge < -0.3 is 19.9 Å². The number of hydrogen-bond donors (Lipinski definition) is 2. The minimum atomic E-state index is -0.541. The van der Waals surface area contributed by atoms with E-state index in [4.69, 9.17) is 21.3 Å². The summed E-state index contributed by atoms with van der Waals surface area (Å²) in [4.78, 5) is 40.3. The highest BCUT2D eigenvalue weighted by Crippen LogP contribution is 2.36. The second kappa shape index (κ2) is 8.31. The number of alkyl carbamates (subject to hydrolysis) is 1. The maximum absolute atomic E-state index is 12.1. The number of carbonyl (C=O) groups excluding carboxylic acids is 1. The number of hydrogen-bond acceptors (Lipinski definition) is 9. The van der Waals surface area contributed by atoms with Crippen molar-refractivity contribution in [1.29, 1.82) is 0 Å². The van der Waals surface area contributed by atoms with Crippen molar-refractivity contribution in [3.8, 4) is 0 Å². The molecule has 2 N–H and O–H groups in total. The summed E-state index contributed by atoms with van der Waals surface area (Å²) in [5.41, 5.74) is 1.38. The van der Waals surface area contributed by atoms with E-state index in [0.29, 0.717) is 45.9 Å². The number of nitrogens with zero attached hydrogens (tertiary/aromatic N) is 6. The summed E-state index contributed by atoms with van der Waals surface area (Å²) < 4.78 is 5.34. The number of carbonyl (C=O) groups is 1. The van der Waals surface area contributed by atoms with Crippen LogP contribution >= 0.6 is 23.4 Å². The van der Waals surface area contributed by atoms with Crippen LogP contribution in [0.1, 0.15) is 20.8 Å². The Balaban J connectivity index is 1.36. The molecule has 10 nitrogen and oxygen atoms in total. The molecule has 33 heavy (non-hydrogen) atoms. The predicted octanol–water partition coefficient (Wildman–Crippen LogP) is 3.81. The van der Waals surface area contributed by atoms with Crippen LogP contribution in [0.3, 0.4) is 0 Å². The first kappa shape index (κ1) is 21.7. The minimum Gasteiger partial charge on any atom is -0.444 e. The van der Waals surface area contributed by atoms with Crippen LogP contribution in [-0.4, -0.2) is 60.7 Å². The van der Waals surface area contributed by atoms with Crippen molar-refractivity contribution in [1.82, 2.24) is 35.2 Å². The molecule has 1 fully saturated rings. The number of fused-ring (bicyclic) bond motifs is 2. The summed E-state index contributed by atoms with van der Waals surface area (Å²) in [7, 11) is 0. The molecular formula is C21H21ClN8O2S. The average Bonchev–Trinajstić information content (AvgIpc) is 3.09. The highest BCUT2D eigenvalue weighted by molar-refractivity contribution is 7.99. The SMILES string of the molecule is CC(C)(C)OC(=O)NC1CN(c2nc(Sc3cnc4nccnc4c3)nc3[nH]cc(Cl)c23)C1. The van der Waals surface area contributed by atoms with Crippen LogP contribution in [-0.2, 0) is 4.74 Å². The fraction of sp³-hybridized carbons (Fsp3) is 0.333. The molecule has 0 saturated carbocycles. The van der Waals surface area contributed by atoms with E-state index in [1.54, 1.807) is 24.8 Å². The van der Waals surface area contributed by atoms with Gasteiger partial charge in [-0.05, 0) is 38.6 Å². The van der Waals surface area contributed by atoms with Crippen LogP contribution in [0.15, 0.2) is 40.9 Å². The fourth-order valence-electron chi connectivity index (χ4n) is 3.45. The van der Waals surface area contributed by atoms with Gasteiger partial charge in [0.2, 0.25) is 0 Å². The van der Waals surface area contributed by atoms with Gasteiger partial charge in [0.05, 0.1) is 16.5 Å². The number of ether oxygens (including phenoxy) is 1. The normalized spacial score (nSPS) is 14.5. The summed E-state index contributed by atoms with van der Waals surface area (Å²) in [6.45, 7) is 6.68. The van der Waals surface area contributed by atoms with Gasteiger partial charge in [-0.2, -0.15) is 0 Å². The Hall–Kier alpha value is -3.18. The second-order valence-electron chi connectivity index (χ2n) is 8.61. The first-order chi connectivity index (χ1) is 15.7. The lowest BCUT2D eigenvalue weighted by Crippen LogP contribution is -2.60. The van der Waals surface area contributed by atoms with Gasteiger partial charge in [0, 0.05) is 42.8 Å². The third-order valence-corrected chi connectivity index (χ3v) is 5.98. The van der Waals surface area contributed by atoms with Crippen LogP contribution in [0.2, 0.25) is 5.02 Å². The molecular weight excluding hydrogens is 464 g/mol. The quantitative estimate of drug-likeness (QED) is 0.416. The Morgan fingerprint density at radius 3 is 2.82 bits per heavy atom. The van der Waals surface area contributed by atoms with Crippen molar-refractivity contribution in [3.63, 3.8) is 0 Å². The van der Waals surface area contributed by atoms with Crippen molar-refractivity contribution in [2.75, 3.05) is 18.0 Å². The Morgan fingerprint density at radius 1 is 1.24 bits per heavy atom. The van der Waals surface area contributed by atoms with Crippen molar-refractivity contribution < 1.29 is 9.53 Å². The molecule has 170 valence electrons. The van der Waals surface area contributed by atoms with Gasteiger partial charge in [0.1, 0.15) is 22.6 Å². The molecule has 5 rings (SSSR count). The summed E-state index contributed by atoms with van der Waals surface area (Å²) >= 11 is 7.79.